The number of hydrogen-bond donors (Lipinski definition) is 6. The number of rotatable bonds is 23. The molecule has 0 radical (unpaired) electrons. The van der Waals surface area contributed by atoms with E-state index in [1.54, 1.807) is 70.3 Å². The highest BCUT2D eigenvalue weighted by Crippen LogP contribution is 2.40. The zero-order valence-corrected chi connectivity index (χ0v) is 81.9. The Morgan fingerprint density at radius 3 is 1.11 bits per heavy atom. The number of fused-ring (bicyclic) bond motifs is 4. The lowest BCUT2D eigenvalue weighted by Crippen LogP contribution is -2.46. The van der Waals surface area contributed by atoms with Gasteiger partial charge in [-0.05, 0) is 205 Å². The number of aliphatic hydroxyl groups excluding tert-OH is 3. The summed E-state index contributed by atoms with van der Waals surface area (Å²) in [5, 5.41) is 79.2. The highest BCUT2D eigenvalue weighted by Gasteiger charge is 2.40. The number of halogens is 5. The van der Waals surface area contributed by atoms with Crippen LogP contribution in [0.1, 0.15) is 174 Å². The molecule has 0 aromatic carbocycles. The van der Waals surface area contributed by atoms with Gasteiger partial charge in [-0.15, -0.1) is 0 Å². The van der Waals surface area contributed by atoms with Crippen LogP contribution in [0.15, 0.2) is 98.1 Å². The summed E-state index contributed by atoms with van der Waals surface area (Å²) < 4.78 is 62.2. The minimum absolute atomic E-state index is 0.0345. The van der Waals surface area contributed by atoms with Crippen LogP contribution in [0.2, 0.25) is 0 Å². The molecule has 8 fully saturated rings. The van der Waals surface area contributed by atoms with Gasteiger partial charge in [0.1, 0.15) is 87.8 Å². The number of hydrogen-bond acceptors (Lipinski definition) is 29. The molecule has 1 amide bonds. The maximum Gasteiger partial charge on any atom is 0.412 e. The van der Waals surface area contributed by atoms with Gasteiger partial charge < -0.3 is 55.8 Å². The van der Waals surface area contributed by atoms with Gasteiger partial charge >= 0.3 is 12.1 Å². The number of alkyl halides is 5. The first kappa shape index (κ1) is 107. The maximum atomic E-state index is 14.6. The lowest BCUT2D eigenvalue weighted by atomic mass is 9.83. The number of anilines is 4. The first-order valence-corrected chi connectivity index (χ1v) is 49.6. The highest BCUT2D eigenvalue weighted by atomic mass is 79.9. The molecule has 36 heteroatoms. The topological polar surface area (TPSA) is 435 Å². The number of likely N-dealkylation sites (tertiary alicyclic amines) is 3. The van der Waals surface area contributed by atoms with E-state index in [1.807, 2.05) is 58.3 Å². The third-order valence-corrected chi connectivity index (χ3v) is 27.3. The van der Waals surface area contributed by atoms with Crippen molar-refractivity contribution in [2.45, 2.75) is 188 Å². The van der Waals surface area contributed by atoms with Gasteiger partial charge in [0, 0.05) is 201 Å². The number of ether oxygens (including phenoxy) is 1. The molecule has 8 unspecified atom stereocenters. The highest BCUT2D eigenvalue weighted by molar-refractivity contribution is 9.09. The number of carboxylic acid groups (broad SMARTS) is 1. The predicted octanol–water partition coefficient (Wildman–Crippen LogP) is 13.6. The van der Waals surface area contributed by atoms with E-state index in [1.165, 1.54) is 0 Å². The minimum atomic E-state index is -1.46. The molecule has 8 saturated heterocycles. The number of piperidine rings is 8. The van der Waals surface area contributed by atoms with E-state index >= 15 is 0 Å². The summed E-state index contributed by atoms with van der Waals surface area (Å²) in [4.78, 5) is 109. The van der Waals surface area contributed by atoms with Gasteiger partial charge in [0.05, 0.1) is 67.4 Å². The van der Waals surface area contributed by atoms with Crippen molar-refractivity contribution in [1.29, 1.82) is 21.0 Å². The third-order valence-electron chi connectivity index (χ3n) is 26.9. The standard InChI is InChI=1S/2C25H32FN5O2.C23H28FN5O.C15H17N5.C12H20FNO4.C2H5BrO/c2*1-17-9-18(10-20(33)11-19-4-6-30(7-8-32)16-22(19)26)15-31(14-17)24-13-29-23(12-27)25-21(24)3-2-5-28-25;1-15-7-16(8-18(30)9-17-4-6-26-11-20(17)24)14-29(13-15)22-12-28-21(10-25)23-19(22)3-2-5-27-23;1-10-5-11(17)9-20(8-10)14-7-19-13(6-16)15-12(14)3-2-4-18-15;1-12(2,3)18-11(17)14-5-4-8(6-9(14)13)7-10(15)16;3-1-2-4/h2*2-3,5,13,17-19,22,32H,4,6-11,14-16H2,1H3;2-3,5,12,15-17,20,26H,4,6-9,11,13-14H2,1H3;2-4,7,10-11H,5,8-9,17H2,1H3;8-9H,4-7H2,1-3H3,(H,15,16);4H,1-2H2/t2*17-,18-,19?,22?;15-,16-,17?,20?;10-,11+;;/m0000../s1. The van der Waals surface area contributed by atoms with E-state index in [2.05, 4.69) is 133 Å². The molecule has 0 aliphatic carbocycles. The molecule has 7 N–H and O–H groups in total. The molecule has 742 valence electrons. The molecule has 16 atom stereocenters. The monoisotopic (exact) mass is 1970 g/mol. The fourth-order valence-corrected chi connectivity index (χ4v) is 21.0. The van der Waals surface area contributed by atoms with Crippen LogP contribution in [0.3, 0.4) is 0 Å². The second-order valence-electron chi connectivity index (χ2n) is 39.7. The van der Waals surface area contributed by atoms with Crippen LogP contribution in [-0.4, -0.2) is 277 Å². The van der Waals surface area contributed by atoms with Crippen LogP contribution in [0.5, 0.6) is 0 Å². The quantitative estimate of drug-likeness (QED) is 0.0197. The van der Waals surface area contributed by atoms with Gasteiger partial charge in [-0.2, -0.15) is 21.0 Å². The van der Waals surface area contributed by atoms with Crippen molar-refractivity contribution in [2.24, 2.45) is 70.8 Å². The number of carboxylic acids is 1. The first-order chi connectivity index (χ1) is 66.3. The van der Waals surface area contributed by atoms with Crippen LogP contribution in [0.25, 0.3) is 43.6 Å². The van der Waals surface area contributed by atoms with Crippen LogP contribution in [0, 0.1) is 110 Å². The van der Waals surface area contributed by atoms with Crippen LogP contribution in [-0.2, 0) is 23.9 Å². The van der Waals surface area contributed by atoms with Crippen LogP contribution < -0.4 is 30.7 Å². The van der Waals surface area contributed by atoms with Crippen molar-refractivity contribution < 1.29 is 66.7 Å². The third kappa shape index (κ3) is 30.5. The minimum Gasteiger partial charge on any atom is -0.481 e. The van der Waals surface area contributed by atoms with E-state index in [-0.39, 0.29) is 104 Å². The summed E-state index contributed by atoms with van der Waals surface area (Å²) in [5.41, 5.74) is 13.2. The summed E-state index contributed by atoms with van der Waals surface area (Å²) in [5.74, 6) is 1.19. The molecule has 8 aromatic rings. The average molecular weight is 1970 g/mol. The number of nitriles is 4. The molecule has 31 nitrogen and oxygen atoms in total. The number of nitrogens with two attached hydrogens (primary N) is 1. The summed E-state index contributed by atoms with van der Waals surface area (Å²) >= 11 is 3.00. The molecular formula is C102H134BrF4N21O10. The number of aromatic nitrogens is 8. The molecule has 8 aliphatic heterocycles. The number of aliphatic hydroxyl groups is 3. The van der Waals surface area contributed by atoms with Crippen molar-refractivity contribution in [3.8, 4) is 24.3 Å². The van der Waals surface area contributed by atoms with Crippen molar-refractivity contribution in [3.05, 3.63) is 121 Å². The lowest BCUT2D eigenvalue weighted by molar-refractivity contribution is -0.139. The molecule has 16 rings (SSSR count). The predicted molar refractivity (Wildman–Crippen MR) is 525 cm³/mol. The van der Waals surface area contributed by atoms with Gasteiger partial charge in [-0.3, -0.25) is 53.8 Å². The van der Waals surface area contributed by atoms with Crippen molar-refractivity contribution in [3.63, 3.8) is 0 Å². The average Bonchev–Trinajstić information content (AvgIpc) is 0.796. The summed E-state index contributed by atoms with van der Waals surface area (Å²) in [6, 6.07) is 24.0. The normalized spacial score (nSPS) is 25.2. The van der Waals surface area contributed by atoms with E-state index in [0.29, 0.717) is 164 Å². The van der Waals surface area contributed by atoms with Gasteiger partial charge in [0.15, 0.2) is 29.1 Å². The molecule has 16 heterocycles. The van der Waals surface area contributed by atoms with Crippen molar-refractivity contribution in [1.82, 2.24) is 59.9 Å². The Balaban J connectivity index is 0.000000167. The summed E-state index contributed by atoms with van der Waals surface area (Å²) in [6.07, 6.45) is 17.5. The van der Waals surface area contributed by atoms with Gasteiger partial charge in [-0.25, -0.2) is 42.3 Å². The smallest absolute Gasteiger partial charge is 0.412 e. The van der Waals surface area contributed by atoms with Crippen LogP contribution in [0.4, 0.5) is 45.1 Å². The number of carbonyl (C=O) groups excluding carboxylic acids is 4. The Morgan fingerprint density at radius 1 is 0.457 bits per heavy atom. The van der Waals surface area contributed by atoms with E-state index < -0.39 is 42.5 Å². The van der Waals surface area contributed by atoms with Gasteiger partial charge in [-0.1, -0.05) is 43.6 Å². The molecular weight excluding hydrogens is 1840 g/mol. The fourth-order valence-electron chi connectivity index (χ4n) is 21.0. The zero-order valence-electron chi connectivity index (χ0n) is 80.3. The van der Waals surface area contributed by atoms with Crippen molar-refractivity contribution in [2.75, 3.05) is 156 Å². The number of Topliss-reactive ketones (excluding diaryl/α,β-unsaturated/α-hetero) is 3. The van der Waals surface area contributed by atoms with Gasteiger partial charge in [0.2, 0.25) is 0 Å². The Hall–Kier alpha value is -10.9. The number of nitrogens with one attached hydrogen (secondary N) is 1. The number of ketones is 3. The molecule has 0 spiro atoms. The second kappa shape index (κ2) is 52.4. The SMILES string of the molecule is CC(C)(C)OC(=O)N1CCC(CC(=O)O)CC1F.C[C@H]1C[C@@H](CC(=O)CC2CCN(CCO)CC2F)CN(c2cnc(C#N)c3ncccc23)C1.C[C@H]1C[C@@H](CC(=O)CC2CCN(CCO)CC2F)CN(c2cnc(C#N)c3ncccc23)C1.C[C@H]1C[C@@H](CC(=O)CC2CCNCC2F)CN(c2cnc(C#N)c3ncccc23)C1.C[C@H]1C[C@@H](N)CN(c2cnc(C#N)c3ncccc23)C1.OCCBr. The molecule has 8 aliphatic rings. The summed E-state index contributed by atoms with van der Waals surface area (Å²) in [7, 11) is 0. The maximum absolute atomic E-state index is 14.6. The van der Waals surface area contributed by atoms with Gasteiger partial charge in [0.25, 0.3) is 0 Å². The molecule has 138 heavy (non-hydrogen) atoms. The number of pyridine rings is 8. The summed E-state index contributed by atoms with van der Waals surface area (Å²) in [6.45, 7) is 25.3. The Labute approximate surface area is 814 Å². The van der Waals surface area contributed by atoms with E-state index in [0.717, 1.165) is 153 Å². The number of nitrogens with zero attached hydrogens (tertiary/aromatic N) is 19. The molecule has 0 bridgehead atoms. The lowest BCUT2D eigenvalue weighted by Gasteiger charge is -2.38. The van der Waals surface area contributed by atoms with E-state index in [9.17, 15) is 57.3 Å². The largest absolute Gasteiger partial charge is 0.481 e. The van der Waals surface area contributed by atoms with Crippen molar-refractivity contribution >= 4 is 112 Å². The number of amides is 1. The molecule has 8 aromatic heterocycles. The number of aliphatic carboxylic acids is 1. The van der Waals surface area contributed by atoms with Crippen LogP contribution >= 0.6 is 15.9 Å². The Bertz CT molecular complexity index is 5400. The Kier molecular flexibility index (Phi) is 40.8. The fraction of sp³-hybridized carbons (Fsp3) is 0.598. The zero-order chi connectivity index (χ0) is 99.3. The Morgan fingerprint density at radius 2 is 0.804 bits per heavy atom. The first-order valence-electron chi connectivity index (χ1n) is 48.5. The number of β-amino-alcohol motifs (C(OH)–C–C–N with tert-alkyl or cyclic N) is 2. The van der Waals surface area contributed by atoms with E-state index in [4.69, 9.17) is 36.2 Å². The molecule has 0 saturated carbocycles. The second-order valence-corrected chi connectivity index (χ2v) is 40.4. The number of carbonyl (C=O) groups is 5.